The van der Waals surface area contributed by atoms with E-state index < -0.39 is 12.4 Å². The maximum absolute atomic E-state index is 13.0. The Morgan fingerprint density at radius 3 is 2.65 bits per heavy atom. The Morgan fingerprint density at radius 2 is 2.15 bits per heavy atom. The fraction of sp³-hybridized carbons (Fsp3) is 0.231. The summed E-state index contributed by atoms with van der Waals surface area (Å²) in [5.41, 5.74) is 0.287. The van der Waals surface area contributed by atoms with Crippen molar-refractivity contribution in [2.45, 2.75) is 13.3 Å². The first-order valence-corrected chi connectivity index (χ1v) is 5.61. The second-order valence-electron chi connectivity index (χ2n) is 4.06. The van der Waals surface area contributed by atoms with Crippen LogP contribution in [0.4, 0.5) is 8.78 Å². The molecule has 5 nitrogen and oxygen atoms in total. The van der Waals surface area contributed by atoms with Crippen molar-refractivity contribution in [3.05, 3.63) is 35.0 Å². The van der Waals surface area contributed by atoms with Gasteiger partial charge in [0.1, 0.15) is 5.75 Å². The first-order chi connectivity index (χ1) is 9.45. The number of ether oxygens (including phenoxy) is 1. The van der Waals surface area contributed by atoms with Crippen LogP contribution in [0.1, 0.15) is 28.0 Å². The van der Waals surface area contributed by atoms with E-state index in [9.17, 15) is 13.6 Å². The number of alkyl halides is 2. The highest BCUT2D eigenvalue weighted by atomic mass is 19.3. The maximum atomic E-state index is 13.0. The summed E-state index contributed by atoms with van der Waals surface area (Å²) in [4.78, 5) is 10.8. The molecule has 1 aromatic heterocycles. The van der Waals surface area contributed by atoms with E-state index in [4.69, 9.17) is 14.4 Å². The van der Waals surface area contributed by atoms with Gasteiger partial charge in [0.25, 0.3) is 6.43 Å². The predicted molar refractivity (Wildman–Crippen MR) is 65.1 cm³/mol. The zero-order valence-corrected chi connectivity index (χ0v) is 10.7. The molecule has 1 aromatic carbocycles. The van der Waals surface area contributed by atoms with E-state index in [1.165, 1.54) is 25.3 Å². The van der Waals surface area contributed by atoms with Crippen LogP contribution in [0.5, 0.6) is 5.75 Å². The lowest BCUT2D eigenvalue weighted by molar-refractivity contribution is 0.0685. The van der Waals surface area contributed by atoms with E-state index in [0.29, 0.717) is 5.56 Å². The molecule has 0 bridgehead atoms. The number of aromatic nitrogens is 1. The number of hydrogen-bond donors (Lipinski definition) is 1. The minimum Gasteiger partial charge on any atom is -0.495 e. The molecule has 0 aliphatic rings. The Bertz CT molecular complexity index is 652. The molecule has 0 atom stereocenters. The Kier molecular flexibility index (Phi) is 3.69. The van der Waals surface area contributed by atoms with Crippen LogP contribution in [0.25, 0.3) is 11.3 Å². The van der Waals surface area contributed by atoms with Crippen LogP contribution < -0.4 is 4.74 Å². The number of carboxylic acids is 1. The highest BCUT2D eigenvalue weighted by molar-refractivity contribution is 5.87. The second kappa shape index (κ2) is 5.28. The number of carboxylic acid groups (broad SMARTS) is 1. The lowest BCUT2D eigenvalue weighted by atomic mass is 10.0. The van der Waals surface area contributed by atoms with E-state index in [1.807, 2.05) is 0 Å². The summed E-state index contributed by atoms with van der Waals surface area (Å²) >= 11 is 0. The van der Waals surface area contributed by atoms with Gasteiger partial charge in [-0.05, 0) is 18.6 Å². The molecule has 0 unspecified atom stereocenters. The number of aromatic carboxylic acids is 1. The van der Waals surface area contributed by atoms with Crippen LogP contribution in [0, 0.1) is 6.92 Å². The molecule has 1 heterocycles. The number of halogens is 2. The van der Waals surface area contributed by atoms with Gasteiger partial charge in [-0.25, -0.2) is 13.6 Å². The van der Waals surface area contributed by atoms with Crippen molar-refractivity contribution in [1.29, 1.82) is 0 Å². The largest absolute Gasteiger partial charge is 0.495 e. The molecular weight excluding hydrogens is 272 g/mol. The van der Waals surface area contributed by atoms with E-state index in [2.05, 4.69) is 5.16 Å². The Labute approximate surface area is 112 Å². The minimum absolute atomic E-state index is 0.0481. The summed E-state index contributed by atoms with van der Waals surface area (Å²) in [5, 5.41) is 12.2. The van der Waals surface area contributed by atoms with Crippen LogP contribution in [-0.4, -0.2) is 23.3 Å². The molecule has 20 heavy (non-hydrogen) atoms. The Morgan fingerprint density at radius 1 is 1.45 bits per heavy atom. The average Bonchev–Trinajstić information content (AvgIpc) is 2.87. The number of hydrogen-bond acceptors (Lipinski definition) is 4. The molecule has 0 amide bonds. The summed E-state index contributed by atoms with van der Waals surface area (Å²) in [6.45, 7) is 1.68. The number of nitrogens with zero attached hydrogens (tertiary/aromatic N) is 1. The highest BCUT2D eigenvalue weighted by Crippen LogP contribution is 2.40. The quantitative estimate of drug-likeness (QED) is 0.932. The lowest BCUT2D eigenvalue weighted by Gasteiger charge is -2.13. The molecule has 0 aliphatic heterocycles. The summed E-state index contributed by atoms with van der Waals surface area (Å²) in [7, 11) is 1.26. The zero-order valence-electron chi connectivity index (χ0n) is 10.7. The fourth-order valence-electron chi connectivity index (χ4n) is 1.89. The van der Waals surface area contributed by atoms with Crippen molar-refractivity contribution in [3.63, 3.8) is 0 Å². The van der Waals surface area contributed by atoms with E-state index >= 15 is 0 Å². The van der Waals surface area contributed by atoms with Gasteiger partial charge >= 0.3 is 5.97 Å². The van der Waals surface area contributed by atoms with E-state index in [-0.39, 0.29) is 28.3 Å². The van der Waals surface area contributed by atoms with Gasteiger partial charge in [-0.1, -0.05) is 11.2 Å². The maximum Gasteiger partial charge on any atom is 0.358 e. The van der Waals surface area contributed by atoms with Crippen LogP contribution in [0.2, 0.25) is 0 Å². The third-order valence-electron chi connectivity index (χ3n) is 2.81. The molecular formula is C13H11F2NO4. The van der Waals surface area contributed by atoms with Crippen LogP contribution in [0.15, 0.2) is 22.7 Å². The molecule has 2 aromatic rings. The lowest BCUT2D eigenvalue weighted by Crippen LogP contribution is -1.97. The molecule has 0 fully saturated rings. The van der Waals surface area contributed by atoms with Crippen molar-refractivity contribution in [1.82, 2.24) is 5.16 Å². The Hall–Kier alpha value is -2.44. The molecule has 1 N–H and O–H groups in total. The first kappa shape index (κ1) is 14.0. The molecule has 0 radical (unpaired) electrons. The second-order valence-corrected chi connectivity index (χ2v) is 4.06. The third kappa shape index (κ3) is 2.34. The van der Waals surface area contributed by atoms with Gasteiger partial charge < -0.3 is 14.4 Å². The zero-order chi connectivity index (χ0) is 14.9. The van der Waals surface area contributed by atoms with Gasteiger partial charge in [0, 0.05) is 6.07 Å². The summed E-state index contributed by atoms with van der Waals surface area (Å²) < 4.78 is 35.9. The molecule has 0 spiro atoms. The minimum atomic E-state index is -2.72. The van der Waals surface area contributed by atoms with Crippen molar-refractivity contribution in [2.24, 2.45) is 0 Å². The van der Waals surface area contributed by atoms with Crippen molar-refractivity contribution < 1.29 is 27.9 Å². The number of carbonyl (C=O) groups is 1. The van der Waals surface area contributed by atoms with Gasteiger partial charge in [0.15, 0.2) is 11.5 Å². The highest BCUT2D eigenvalue weighted by Gasteiger charge is 2.23. The van der Waals surface area contributed by atoms with E-state index in [1.54, 1.807) is 6.92 Å². The van der Waals surface area contributed by atoms with Crippen LogP contribution in [0.3, 0.4) is 0 Å². The normalized spacial score (nSPS) is 10.8. The van der Waals surface area contributed by atoms with Crippen molar-refractivity contribution >= 4 is 5.97 Å². The third-order valence-corrected chi connectivity index (χ3v) is 2.81. The van der Waals surface area contributed by atoms with Gasteiger partial charge in [-0.15, -0.1) is 0 Å². The fourth-order valence-corrected chi connectivity index (χ4v) is 1.89. The Balaban J connectivity index is 2.65. The van der Waals surface area contributed by atoms with Gasteiger partial charge in [0.05, 0.1) is 18.2 Å². The van der Waals surface area contributed by atoms with E-state index in [0.717, 1.165) is 0 Å². The topological polar surface area (TPSA) is 72.6 Å². The molecule has 0 aliphatic carbocycles. The standard InChI is InChI=1S/C13H11F2NO4/c1-6-3-4-7(12(14)15)11(19-2)10(6)9-5-8(13(17)18)16-20-9/h3-5,12H,1-2H3,(H,17,18). The SMILES string of the molecule is COc1c(C(F)F)ccc(C)c1-c1cc(C(=O)O)no1. The van der Waals surface area contributed by atoms with Gasteiger partial charge in [-0.3, -0.25) is 0 Å². The number of rotatable bonds is 4. The van der Waals surface area contributed by atoms with Crippen molar-refractivity contribution in [2.75, 3.05) is 7.11 Å². The molecule has 2 rings (SSSR count). The molecule has 0 saturated heterocycles. The van der Waals surface area contributed by atoms with Gasteiger partial charge in [0.2, 0.25) is 0 Å². The summed E-state index contributed by atoms with van der Waals surface area (Å²) in [6.07, 6.45) is -2.72. The molecule has 7 heteroatoms. The van der Waals surface area contributed by atoms with Crippen LogP contribution >= 0.6 is 0 Å². The molecule has 106 valence electrons. The molecule has 0 saturated carbocycles. The van der Waals surface area contributed by atoms with Crippen LogP contribution in [-0.2, 0) is 0 Å². The number of methoxy groups -OCH3 is 1. The predicted octanol–water partition coefficient (Wildman–Crippen LogP) is 3.29. The number of benzene rings is 1. The smallest absolute Gasteiger partial charge is 0.358 e. The monoisotopic (exact) mass is 283 g/mol. The van der Waals surface area contributed by atoms with Crippen molar-refractivity contribution in [3.8, 4) is 17.1 Å². The van der Waals surface area contributed by atoms with Gasteiger partial charge in [-0.2, -0.15) is 0 Å². The first-order valence-electron chi connectivity index (χ1n) is 5.61. The number of aryl methyl sites for hydroxylation is 1. The average molecular weight is 283 g/mol. The summed E-state index contributed by atoms with van der Waals surface area (Å²) in [6, 6.07) is 3.92. The summed E-state index contributed by atoms with van der Waals surface area (Å²) in [5.74, 6) is -1.24.